The molecule has 0 aromatic heterocycles. The largest absolute Gasteiger partial charge is 0.500 e. The fourth-order valence-corrected chi connectivity index (χ4v) is 9.78. The Morgan fingerprint density at radius 1 is 0.444 bits per heavy atom. The van der Waals surface area contributed by atoms with Gasteiger partial charge in [0.25, 0.3) is 0 Å². The molecule has 210 valence electrons. The van der Waals surface area contributed by atoms with Gasteiger partial charge in [-0.2, -0.15) is 0 Å². The lowest BCUT2D eigenvalue weighted by atomic mass is 9.92. The Bertz CT molecular complexity index is 658. The van der Waals surface area contributed by atoms with Gasteiger partial charge in [0.15, 0.2) is 0 Å². The van der Waals surface area contributed by atoms with E-state index in [0.717, 1.165) is 56.7 Å². The van der Waals surface area contributed by atoms with Crippen LogP contribution in [-0.4, -0.2) is 90.4 Å². The van der Waals surface area contributed by atoms with Crippen molar-refractivity contribution in [1.82, 2.24) is 0 Å². The Kier molecular flexibility index (Phi) is 16.0. The highest BCUT2D eigenvalue weighted by Gasteiger charge is 2.39. The van der Waals surface area contributed by atoms with Crippen molar-refractivity contribution >= 4 is 26.4 Å². The van der Waals surface area contributed by atoms with Crippen LogP contribution in [0.1, 0.15) is 36.0 Å². The zero-order valence-electron chi connectivity index (χ0n) is 23.8. The van der Waals surface area contributed by atoms with Crippen LogP contribution in [0.3, 0.4) is 0 Å². The fourth-order valence-electron chi connectivity index (χ4n) is 4.62. The second kappa shape index (κ2) is 17.2. The maximum atomic E-state index is 5.63. The summed E-state index contributed by atoms with van der Waals surface area (Å²) in [6.07, 6.45) is 5.49. The lowest BCUT2D eigenvalue weighted by molar-refractivity contribution is 0.122. The molecule has 0 aliphatic rings. The molecule has 1 rings (SSSR count). The molecule has 0 aliphatic carbocycles. The molecule has 36 heavy (non-hydrogen) atoms. The topological polar surface area (TPSA) is 83.1 Å². The van der Waals surface area contributed by atoms with Gasteiger partial charge in [0.05, 0.1) is 0 Å². The van der Waals surface area contributed by atoms with Crippen molar-refractivity contribution in [3.63, 3.8) is 0 Å². The first-order valence-corrected chi connectivity index (χ1v) is 18.2. The van der Waals surface area contributed by atoms with Crippen LogP contribution in [0.15, 0.2) is 18.2 Å². The minimum Gasteiger partial charge on any atom is -0.377 e. The van der Waals surface area contributed by atoms with E-state index in [-0.39, 0.29) is 0 Å². The van der Waals surface area contributed by atoms with Gasteiger partial charge in [-0.25, -0.2) is 0 Å². The molecule has 0 bridgehead atoms. The van der Waals surface area contributed by atoms with Crippen LogP contribution in [0, 0.1) is 0 Å². The normalized spacial score (nSPS) is 12.9. The molecule has 0 saturated carbocycles. The first-order chi connectivity index (χ1) is 17.3. The summed E-state index contributed by atoms with van der Waals surface area (Å²) in [6.45, 7) is 0. The van der Waals surface area contributed by atoms with E-state index in [4.69, 9.17) is 39.8 Å². The Balaban J connectivity index is 3.07. The quantitative estimate of drug-likeness (QED) is 0.205. The van der Waals surface area contributed by atoms with Gasteiger partial charge in [0, 0.05) is 82.1 Å². The van der Waals surface area contributed by atoms with Crippen molar-refractivity contribution in [3.8, 4) is 0 Å². The van der Waals surface area contributed by atoms with Gasteiger partial charge in [0.2, 0.25) is 0 Å². The van der Waals surface area contributed by atoms with Crippen LogP contribution in [-0.2, 0) is 59.1 Å². The van der Waals surface area contributed by atoms with Crippen molar-refractivity contribution in [2.45, 2.75) is 56.7 Å². The Morgan fingerprint density at radius 3 is 1.00 bits per heavy atom. The number of aryl methyl sites for hydroxylation is 2. The van der Waals surface area contributed by atoms with Crippen molar-refractivity contribution < 1.29 is 39.8 Å². The number of hydrogen-bond donors (Lipinski definition) is 0. The van der Waals surface area contributed by atoms with Crippen molar-refractivity contribution in [2.24, 2.45) is 0 Å². The Hall–Kier alpha value is -0.489. The van der Waals surface area contributed by atoms with E-state index in [9.17, 15) is 0 Å². The highest BCUT2D eigenvalue weighted by atomic mass is 28.4. The summed E-state index contributed by atoms with van der Waals surface area (Å²) in [7, 11) is 7.10. The average Bonchev–Trinajstić information content (AvgIpc) is 2.93. The van der Waals surface area contributed by atoms with Crippen LogP contribution in [0.2, 0.25) is 18.1 Å². The summed E-state index contributed by atoms with van der Waals surface area (Å²) in [4.78, 5) is 0. The molecule has 0 saturated heterocycles. The fraction of sp³-hybridized carbons (Fsp3) is 0.750. The van der Waals surface area contributed by atoms with Gasteiger partial charge < -0.3 is 39.8 Å². The molecular weight excluding hydrogens is 517 g/mol. The van der Waals surface area contributed by atoms with Gasteiger partial charge in [-0.3, -0.25) is 0 Å². The van der Waals surface area contributed by atoms with E-state index in [2.05, 4.69) is 18.2 Å². The molecule has 0 unspecified atom stereocenters. The maximum Gasteiger partial charge on any atom is 0.500 e. The third-order valence-electron chi connectivity index (χ3n) is 6.94. The molecule has 0 atom stereocenters. The molecular formula is C24H48O9Si3. The lowest BCUT2D eigenvalue weighted by Crippen LogP contribution is -2.42. The predicted octanol–water partition coefficient (Wildman–Crippen LogP) is 4.12. The first-order valence-electron chi connectivity index (χ1n) is 12.4. The van der Waals surface area contributed by atoms with E-state index >= 15 is 0 Å². The number of hydrogen-bond acceptors (Lipinski definition) is 9. The van der Waals surface area contributed by atoms with Crippen LogP contribution in [0.4, 0.5) is 0 Å². The van der Waals surface area contributed by atoms with Crippen LogP contribution in [0.5, 0.6) is 0 Å². The molecule has 1 aromatic carbocycles. The van der Waals surface area contributed by atoms with E-state index < -0.39 is 26.4 Å². The van der Waals surface area contributed by atoms with E-state index in [1.54, 1.807) is 64.0 Å². The van der Waals surface area contributed by atoms with Gasteiger partial charge in [-0.15, -0.1) is 0 Å². The standard InChI is InChI=1S/C24H48O9Si3/c1-25-34(26-2,27-3)19-11-16-22-14-10-15-23(17-12-20-35(28-4,29-5)30-6)24(22)18-13-21-36(31-7,32-8)33-9/h10,14-15H,11-13,16-21H2,1-9H3. The summed E-state index contributed by atoms with van der Waals surface area (Å²) in [5.41, 5.74) is 4.06. The summed E-state index contributed by atoms with van der Waals surface area (Å²) >= 11 is 0. The third kappa shape index (κ3) is 9.36. The number of benzene rings is 1. The minimum absolute atomic E-state index is 0.754. The van der Waals surface area contributed by atoms with Crippen molar-refractivity contribution in [3.05, 3.63) is 34.9 Å². The molecule has 12 heteroatoms. The number of rotatable bonds is 21. The zero-order chi connectivity index (χ0) is 27.1. The van der Waals surface area contributed by atoms with Gasteiger partial charge in [0.1, 0.15) is 0 Å². The monoisotopic (exact) mass is 564 g/mol. The summed E-state index contributed by atoms with van der Waals surface area (Å²) in [5.74, 6) is 0. The summed E-state index contributed by atoms with van der Waals surface area (Å²) in [5, 5.41) is 0. The van der Waals surface area contributed by atoms with Crippen molar-refractivity contribution in [2.75, 3.05) is 64.0 Å². The molecule has 0 radical (unpaired) electrons. The predicted molar refractivity (Wildman–Crippen MR) is 146 cm³/mol. The molecule has 0 amide bonds. The third-order valence-corrected chi connectivity index (χ3v) is 15.4. The van der Waals surface area contributed by atoms with E-state index in [0.29, 0.717) is 0 Å². The van der Waals surface area contributed by atoms with Crippen molar-refractivity contribution in [1.29, 1.82) is 0 Å². The smallest absolute Gasteiger partial charge is 0.377 e. The molecule has 0 heterocycles. The molecule has 1 aromatic rings. The highest BCUT2D eigenvalue weighted by molar-refractivity contribution is 6.61. The Morgan fingerprint density at radius 2 is 0.722 bits per heavy atom. The zero-order valence-corrected chi connectivity index (χ0v) is 26.8. The van der Waals surface area contributed by atoms with Crippen LogP contribution in [0.25, 0.3) is 0 Å². The second-order valence-electron chi connectivity index (χ2n) is 8.50. The maximum absolute atomic E-state index is 5.63. The molecule has 0 fully saturated rings. The summed E-state index contributed by atoms with van der Waals surface area (Å²) < 4.78 is 50.6. The first kappa shape index (κ1) is 33.5. The summed E-state index contributed by atoms with van der Waals surface area (Å²) in [6, 6.07) is 8.87. The van der Waals surface area contributed by atoms with Gasteiger partial charge in [-0.1, -0.05) is 18.2 Å². The van der Waals surface area contributed by atoms with Gasteiger partial charge >= 0.3 is 26.4 Å². The average molecular weight is 565 g/mol. The van der Waals surface area contributed by atoms with E-state index in [1.165, 1.54) is 16.7 Å². The van der Waals surface area contributed by atoms with E-state index in [1.807, 2.05) is 0 Å². The highest BCUT2D eigenvalue weighted by Crippen LogP contribution is 2.27. The van der Waals surface area contributed by atoms with Gasteiger partial charge in [-0.05, 0) is 55.2 Å². The SMILES string of the molecule is CO[Si](CCCc1cccc(CCC[Si](OC)(OC)OC)c1CCC[Si](OC)(OC)OC)(OC)OC. The molecule has 9 nitrogen and oxygen atoms in total. The molecule has 0 N–H and O–H groups in total. The molecule has 0 aliphatic heterocycles. The van der Waals surface area contributed by atoms with Crippen LogP contribution >= 0.6 is 0 Å². The van der Waals surface area contributed by atoms with Crippen LogP contribution < -0.4 is 0 Å². The molecule has 0 spiro atoms. The lowest BCUT2D eigenvalue weighted by Gasteiger charge is -2.26. The second-order valence-corrected chi connectivity index (χ2v) is 17.8. The Labute approximate surface area is 221 Å². The minimum atomic E-state index is -2.62.